The first-order chi connectivity index (χ1) is 9.94. The number of anilines is 1. The molecule has 0 aromatic heterocycles. The predicted octanol–water partition coefficient (Wildman–Crippen LogP) is 1.29. The van der Waals surface area contributed by atoms with Gasteiger partial charge in [-0.25, -0.2) is 8.42 Å². The number of benzene rings is 1. The molecule has 1 aromatic rings. The van der Waals surface area contributed by atoms with Crippen molar-refractivity contribution in [3.05, 3.63) is 34.4 Å². The number of piperazine rings is 1. The fourth-order valence-corrected chi connectivity index (χ4v) is 4.01. The molecule has 1 heterocycles. The highest BCUT2D eigenvalue weighted by molar-refractivity contribution is 7.89. The van der Waals surface area contributed by atoms with E-state index in [1.165, 1.54) is 16.4 Å². The van der Waals surface area contributed by atoms with E-state index in [1.54, 1.807) is 12.1 Å². The van der Waals surface area contributed by atoms with Crippen LogP contribution >= 0.6 is 11.6 Å². The lowest BCUT2D eigenvalue weighted by Crippen LogP contribution is -2.49. The van der Waals surface area contributed by atoms with E-state index in [4.69, 9.17) is 11.6 Å². The van der Waals surface area contributed by atoms with Crippen LogP contribution < -0.4 is 4.90 Å². The maximum absolute atomic E-state index is 11.9. The topological polar surface area (TPSA) is 83.8 Å². The molecule has 1 aliphatic heterocycles. The highest BCUT2D eigenvalue weighted by Crippen LogP contribution is 2.22. The van der Waals surface area contributed by atoms with E-state index in [0.717, 1.165) is 5.69 Å². The summed E-state index contributed by atoms with van der Waals surface area (Å²) in [4.78, 5) is 12.3. The van der Waals surface area contributed by atoms with Gasteiger partial charge in [0.25, 0.3) is 5.69 Å². The maximum atomic E-state index is 11.9. The van der Waals surface area contributed by atoms with Gasteiger partial charge in [0.2, 0.25) is 10.0 Å². The van der Waals surface area contributed by atoms with E-state index in [0.29, 0.717) is 26.2 Å². The summed E-state index contributed by atoms with van der Waals surface area (Å²) >= 11 is 5.50. The van der Waals surface area contributed by atoms with E-state index in [9.17, 15) is 18.5 Å². The van der Waals surface area contributed by atoms with Gasteiger partial charge in [-0.1, -0.05) is 6.07 Å². The minimum absolute atomic E-state index is 0.0321. The molecular weight excluding hydrogens is 318 g/mol. The van der Waals surface area contributed by atoms with Crippen LogP contribution in [0.3, 0.4) is 0 Å². The quantitative estimate of drug-likeness (QED) is 0.460. The lowest BCUT2D eigenvalue weighted by atomic mass is 10.2. The summed E-state index contributed by atoms with van der Waals surface area (Å²) in [5.74, 6) is 0.0127. The van der Waals surface area contributed by atoms with Crippen molar-refractivity contribution < 1.29 is 13.3 Å². The third kappa shape index (κ3) is 3.84. The summed E-state index contributed by atoms with van der Waals surface area (Å²) in [6, 6.07) is 6.35. The van der Waals surface area contributed by atoms with Crippen molar-refractivity contribution in [3.63, 3.8) is 0 Å². The van der Waals surface area contributed by atoms with Crippen LogP contribution in [0, 0.1) is 10.1 Å². The van der Waals surface area contributed by atoms with Crippen LogP contribution in [-0.4, -0.2) is 55.5 Å². The van der Waals surface area contributed by atoms with Crippen LogP contribution in [0.25, 0.3) is 0 Å². The Kier molecular flexibility index (Phi) is 5.02. The lowest BCUT2D eigenvalue weighted by Gasteiger charge is -2.35. The summed E-state index contributed by atoms with van der Waals surface area (Å²) in [5, 5.41) is 10.8. The van der Waals surface area contributed by atoms with Gasteiger partial charge < -0.3 is 4.90 Å². The van der Waals surface area contributed by atoms with Gasteiger partial charge in [-0.3, -0.25) is 10.1 Å². The van der Waals surface area contributed by atoms with Gasteiger partial charge in [0.05, 0.1) is 10.7 Å². The fourth-order valence-electron chi connectivity index (χ4n) is 2.25. The van der Waals surface area contributed by atoms with Gasteiger partial charge in [0, 0.05) is 49.9 Å². The molecule has 7 nitrogen and oxygen atoms in total. The Morgan fingerprint density at radius 3 is 2.48 bits per heavy atom. The number of halogens is 1. The molecule has 2 rings (SSSR count). The first-order valence-electron chi connectivity index (χ1n) is 6.47. The van der Waals surface area contributed by atoms with E-state index >= 15 is 0 Å². The van der Waals surface area contributed by atoms with Crippen LogP contribution in [0.5, 0.6) is 0 Å². The number of nitrogens with zero attached hydrogens (tertiary/aromatic N) is 3. The lowest BCUT2D eigenvalue weighted by molar-refractivity contribution is -0.384. The molecule has 0 amide bonds. The highest BCUT2D eigenvalue weighted by atomic mass is 35.5. The van der Waals surface area contributed by atoms with E-state index in [-0.39, 0.29) is 17.3 Å². The second-order valence-electron chi connectivity index (χ2n) is 4.67. The number of hydrogen-bond donors (Lipinski definition) is 0. The Labute approximate surface area is 128 Å². The largest absolute Gasteiger partial charge is 0.369 e. The average Bonchev–Trinajstić information content (AvgIpc) is 2.47. The second-order valence-corrected chi connectivity index (χ2v) is 7.13. The van der Waals surface area contributed by atoms with Gasteiger partial charge >= 0.3 is 0 Å². The molecule has 1 aromatic carbocycles. The second kappa shape index (κ2) is 6.59. The number of nitro benzene ring substituents is 1. The van der Waals surface area contributed by atoms with Crippen LogP contribution in [0.1, 0.15) is 0 Å². The molecule has 0 radical (unpaired) electrons. The molecular formula is C12H16ClN3O4S. The standard InChI is InChI=1S/C12H16ClN3O4S/c13-4-9-21(19,20)15-7-5-14(6-8-15)11-2-1-3-12(10-11)16(17)18/h1-3,10H,4-9H2. The van der Waals surface area contributed by atoms with Crippen molar-refractivity contribution in [1.29, 1.82) is 0 Å². The smallest absolute Gasteiger partial charge is 0.271 e. The average molecular weight is 334 g/mol. The Hall–Kier alpha value is -1.38. The van der Waals surface area contributed by atoms with E-state index in [2.05, 4.69) is 0 Å². The van der Waals surface area contributed by atoms with Crippen LogP contribution in [-0.2, 0) is 10.0 Å². The molecule has 0 spiro atoms. The van der Waals surface area contributed by atoms with Gasteiger partial charge in [0.1, 0.15) is 0 Å². The number of non-ortho nitro benzene ring substituents is 1. The Bertz CT molecular complexity index is 615. The summed E-state index contributed by atoms with van der Waals surface area (Å²) in [6.45, 7) is 1.73. The highest BCUT2D eigenvalue weighted by Gasteiger charge is 2.26. The number of sulfonamides is 1. The van der Waals surface area contributed by atoms with Crippen molar-refractivity contribution in [2.75, 3.05) is 42.7 Å². The van der Waals surface area contributed by atoms with Crippen molar-refractivity contribution in [2.45, 2.75) is 0 Å². The molecule has 1 fully saturated rings. The van der Waals surface area contributed by atoms with Crippen LogP contribution in [0.15, 0.2) is 24.3 Å². The zero-order valence-corrected chi connectivity index (χ0v) is 12.9. The van der Waals surface area contributed by atoms with Gasteiger partial charge in [-0.2, -0.15) is 4.31 Å². The molecule has 116 valence electrons. The minimum Gasteiger partial charge on any atom is -0.369 e. The SMILES string of the molecule is O=[N+]([O-])c1cccc(N2CCN(S(=O)(=O)CCCl)CC2)c1. The van der Waals surface area contributed by atoms with Gasteiger partial charge in [-0.15, -0.1) is 11.6 Å². The summed E-state index contributed by atoms with van der Waals surface area (Å²) in [6.07, 6.45) is 0. The third-order valence-corrected chi connectivity index (χ3v) is 5.66. The monoisotopic (exact) mass is 333 g/mol. The Morgan fingerprint density at radius 1 is 1.24 bits per heavy atom. The van der Waals surface area contributed by atoms with Gasteiger partial charge in [-0.05, 0) is 6.07 Å². The molecule has 0 N–H and O–H groups in total. The summed E-state index contributed by atoms with van der Waals surface area (Å²) in [7, 11) is -3.29. The zero-order valence-electron chi connectivity index (χ0n) is 11.3. The summed E-state index contributed by atoms with van der Waals surface area (Å²) < 4.78 is 25.2. The number of hydrogen-bond acceptors (Lipinski definition) is 5. The van der Waals surface area contributed by atoms with E-state index < -0.39 is 14.9 Å². The van der Waals surface area contributed by atoms with Crippen molar-refractivity contribution >= 4 is 33.0 Å². The van der Waals surface area contributed by atoms with Crippen molar-refractivity contribution in [3.8, 4) is 0 Å². The predicted molar refractivity (Wildman–Crippen MR) is 81.4 cm³/mol. The minimum atomic E-state index is -3.29. The van der Waals surface area contributed by atoms with Crippen molar-refractivity contribution in [1.82, 2.24) is 4.31 Å². The fraction of sp³-hybridized carbons (Fsp3) is 0.500. The molecule has 0 unspecified atom stereocenters. The molecule has 0 aliphatic carbocycles. The van der Waals surface area contributed by atoms with Gasteiger partial charge in [0.15, 0.2) is 0 Å². The van der Waals surface area contributed by atoms with Crippen LogP contribution in [0.4, 0.5) is 11.4 Å². The summed E-state index contributed by atoms with van der Waals surface area (Å²) in [5.41, 5.74) is 0.767. The van der Waals surface area contributed by atoms with Crippen molar-refractivity contribution in [2.24, 2.45) is 0 Å². The van der Waals surface area contributed by atoms with Crippen LogP contribution in [0.2, 0.25) is 0 Å². The first-order valence-corrected chi connectivity index (χ1v) is 8.61. The number of rotatable bonds is 5. The third-order valence-electron chi connectivity index (χ3n) is 3.37. The molecule has 1 saturated heterocycles. The molecule has 21 heavy (non-hydrogen) atoms. The molecule has 0 saturated carbocycles. The molecule has 0 bridgehead atoms. The number of nitro groups is 1. The molecule has 9 heteroatoms. The van der Waals surface area contributed by atoms with E-state index in [1.807, 2.05) is 4.90 Å². The maximum Gasteiger partial charge on any atom is 0.271 e. The first kappa shape index (κ1) is 16.0. The molecule has 1 aliphatic rings. The zero-order chi connectivity index (χ0) is 15.5. The Balaban J connectivity index is 2.04. The molecule has 0 atom stereocenters. The number of alkyl halides is 1. The normalized spacial score (nSPS) is 16.9. The Morgan fingerprint density at radius 2 is 1.90 bits per heavy atom.